The van der Waals surface area contributed by atoms with Gasteiger partial charge < -0.3 is 10.5 Å². The van der Waals surface area contributed by atoms with Crippen molar-refractivity contribution in [3.63, 3.8) is 0 Å². The van der Waals surface area contributed by atoms with Crippen molar-refractivity contribution >= 4 is 0 Å². The summed E-state index contributed by atoms with van der Waals surface area (Å²) in [4.78, 5) is 0. The number of nitrogens with two attached hydrogens (primary N) is 1. The summed E-state index contributed by atoms with van der Waals surface area (Å²) >= 11 is 0. The highest BCUT2D eigenvalue weighted by atomic mass is 16.5. The third-order valence-electron chi connectivity index (χ3n) is 2.06. The number of ether oxygens (including phenoxy) is 1. The maximum absolute atomic E-state index is 5.72. The first-order valence-electron chi connectivity index (χ1n) is 5.05. The average Bonchev–Trinajstić information content (AvgIpc) is 2.14. The van der Waals surface area contributed by atoms with Crippen LogP contribution in [0.25, 0.3) is 0 Å². The molecule has 0 amide bonds. The van der Waals surface area contributed by atoms with Crippen LogP contribution in [0.5, 0.6) is 0 Å². The van der Waals surface area contributed by atoms with E-state index in [2.05, 4.69) is 25.1 Å². The van der Waals surface area contributed by atoms with Crippen molar-refractivity contribution in [2.45, 2.75) is 33.0 Å². The highest BCUT2D eigenvalue weighted by Crippen LogP contribution is 2.18. The Morgan fingerprint density at radius 2 is 2.07 bits per heavy atom. The molecule has 0 aliphatic rings. The molecule has 2 heteroatoms. The van der Waals surface area contributed by atoms with E-state index in [4.69, 9.17) is 10.5 Å². The van der Waals surface area contributed by atoms with Crippen molar-refractivity contribution in [1.29, 1.82) is 0 Å². The van der Waals surface area contributed by atoms with Gasteiger partial charge in [0.05, 0.1) is 12.2 Å². The third-order valence-corrected chi connectivity index (χ3v) is 2.06. The monoisotopic (exact) mass is 193 g/mol. The van der Waals surface area contributed by atoms with Gasteiger partial charge in [-0.05, 0) is 26.3 Å². The van der Waals surface area contributed by atoms with Crippen molar-refractivity contribution in [2.24, 2.45) is 5.73 Å². The van der Waals surface area contributed by atoms with Crippen molar-refractivity contribution < 1.29 is 4.74 Å². The Morgan fingerprint density at radius 3 is 2.57 bits per heavy atom. The fourth-order valence-electron chi connectivity index (χ4n) is 1.47. The molecule has 0 aromatic heterocycles. The summed E-state index contributed by atoms with van der Waals surface area (Å²) in [6.45, 7) is 6.66. The van der Waals surface area contributed by atoms with Crippen LogP contribution < -0.4 is 5.73 Å². The molecule has 0 saturated carbocycles. The maximum atomic E-state index is 5.72. The van der Waals surface area contributed by atoms with Crippen LogP contribution >= 0.6 is 0 Å². The Kier molecular flexibility index (Phi) is 4.11. The number of benzene rings is 1. The molecule has 0 spiro atoms. The number of hydrogen-bond acceptors (Lipinski definition) is 2. The van der Waals surface area contributed by atoms with E-state index >= 15 is 0 Å². The summed E-state index contributed by atoms with van der Waals surface area (Å²) in [5.41, 5.74) is 8.09. The molecule has 78 valence electrons. The largest absolute Gasteiger partial charge is 0.370 e. The van der Waals surface area contributed by atoms with E-state index < -0.39 is 0 Å². The highest BCUT2D eigenvalue weighted by Gasteiger charge is 2.11. The summed E-state index contributed by atoms with van der Waals surface area (Å²) in [7, 11) is 0. The normalized spacial score (nSPS) is 13.2. The minimum absolute atomic E-state index is 0.0231. The van der Waals surface area contributed by atoms with E-state index in [9.17, 15) is 0 Å². The lowest BCUT2D eigenvalue weighted by atomic mass is 10.1. The molecule has 1 aromatic carbocycles. The average molecular weight is 193 g/mol. The SMILES string of the molecule is Cc1cccc(C(CN)OC(C)C)c1. The van der Waals surface area contributed by atoms with E-state index in [0.29, 0.717) is 6.54 Å². The lowest BCUT2D eigenvalue weighted by Gasteiger charge is -2.19. The Hall–Kier alpha value is -0.860. The second-order valence-electron chi connectivity index (χ2n) is 3.82. The Labute approximate surface area is 86.1 Å². The molecule has 0 aliphatic carbocycles. The molecular weight excluding hydrogens is 174 g/mol. The van der Waals surface area contributed by atoms with Gasteiger partial charge >= 0.3 is 0 Å². The van der Waals surface area contributed by atoms with Crippen LogP contribution in [-0.2, 0) is 4.74 Å². The van der Waals surface area contributed by atoms with Crippen LogP contribution in [0.4, 0.5) is 0 Å². The van der Waals surface area contributed by atoms with Crippen molar-refractivity contribution in [2.75, 3.05) is 6.54 Å². The molecule has 1 atom stereocenters. The lowest BCUT2D eigenvalue weighted by molar-refractivity contribution is 0.0119. The second kappa shape index (κ2) is 5.13. The first-order valence-corrected chi connectivity index (χ1v) is 5.05. The number of rotatable bonds is 4. The van der Waals surface area contributed by atoms with Crippen LogP contribution in [-0.4, -0.2) is 12.6 Å². The minimum Gasteiger partial charge on any atom is -0.370 e. The molecule has 0 radical (unpaired) electrons. The van der Waals surface area contributed by atoms with E-state index in [1.54, 1.807) is 0 Å². The molecule has 0 bridgehead atoms. The van der Waals surface area contributed by atoms with Gasteiger partial charge in [-0.1, -0.05) is 29.8 Å². The zero-order valence-corrected chi connectivity index (χ0v) is 9.16. The van der Waals surface area contributed by atoms with Crippen LogP contribution in [0, 0.1) is 6.92 Å². The molecule has 0 aliphatic heterocycles. The molecule has 1 rings (SSSR count). The van der Waals surface area contributed by atoms with Gasteiger partial charge in [0.15, 0.2) is 0 Å². The van der Waals surface area contributed by atoms with Crippen molar-refractivity contribution in [1.82, 2.24) is 0 Å². The van der Waals surface area contributed by atoms with E-state index in [-0.39, 0.29) is 12.2 Å². The van der Waals surface area contributed by atoms with Gasteiger partial charge in [0.1, 0.15) is 0 Å². The van der Waals surface area contributed by atoms with E-state index in [1.165, 1.54) is 11.1 Å². The fraction of sp³-hybridized carbons (Fsp3) is 0.500. The summed E-state index contributed by atoms with van der Waals surface area (Å²) in [6, 6.07) is 8.30. The van der Waals surface area contributed by atoms with Gasteiger partial charge in [-0.2, -0.15) is 0 Å². The summed E-state index contributed by atoms with van der Waals surface area (Å²) in [6.07, 6.45) is 0.235. The zero-order chi connectivity index (χ0) is 10.6. The first-order chi connectivity index (χ1) is 6.63. The van der Waals surface area contributed by atoms with Crippen LogP contribution in [0.2, 0.25) is 0 Å². The van der Waals surface area contributed by atoms with Gasteiger partial charge in [0, 0.05) is 6.54 Å². The van der Waals surface area contributed by atoms with Crippen LogP contribution in [0.3, 0.4) is 0 Å². The van der Waals surface area contributed by atoms with Gasteiger partial charge in [0.2, 0.25) is 0 Å². The third kappa shape index (κ3) is 3.13. The second-order valence-corrected chi connectivity index (χ2v) is 3.82. The summed E-state index contributed by atoms with van der Waals surface area (Å²) in [5.74, 6) is 0. The molecule has 2 N–H and O–H groups in total. The molecule has 0 heterocycles. The molecule has 2 nitrogen and oxygen atoms in total. The Morgan fingerprint density at radius 1 is 1.36 bits per heavy atom. The predicted octanol–water partition coefficient (Wildman–Crippen LogP) is 2.42. The first kappa shape index (κ1) is 11.2. The van der Waals surface area contributed by atoms with Gasteiger partial charge in [-0.3, -0.25) is 0 Å². The Balaban J connectivity index is 2.78. The summed E-state index contributed by atoms with van der Waals surface area (Å²) in [5, 5.41) is 0. The lowest BCUT2D eigenvalue weighted by Crippen LogP contribution is -2.19. The van der Waals surface area contributed by atoms with Crippen LogP contribution in [0.15, 0.2) is 24.3 Å². The standard InChI is InChI=1S/C12H19NO/c1-9(2)14-12(8-13)11-6-4-5-10(3)7-11/h4-7,9,12H,8,13H2,1-3H3. The molecular formula is C12H19NO. The van der Waals surface area contributed by atoms with Crippen LogP contribution in [0.1, 0.15) is 31.1 Å². The topological polar surface area (TPSA) is 35.2 Å². The number of aryl methyl sites for hydroxylation is 1. The number of hydrogen-bond donors (Lipinski definition) is 1. The fourth-order valence-corrected chi connectivity index (χ4v) is 1.47. The van der Waals surface area contributed by atoms with Gasteiger partial charge in [-0.25, -0.2) is 0 Å². The van der Waals surface area contributed by atoms with Crippen molar-refractivity contribution in [3.05, 3.63) is 35.4 Å². The van der Waals surface area contributed by atoms with E-state index in [0.717, 1.165) is 0 Å². The quantitative estimate of drug-likeness (QED) is 0.797. The molecule has 1 aromatic rings. The van der Waals surface area contributed by atoms with Gasteiger partial charge in [0.25, 0.3) is 0 Å². The molecule has 0 saturated heterocycles. The molecule has 14 heavy (non-hydrogen) atoms. The highest BCUT2D eigenvalue weighted by molar-refractivity contribution is 5.24. The van der Waals surface area contributed by atoms with E-state index in [1.807, 2.05) is 19.9 Å². The minimum atomic E-state index is 0.0231. The molecule has 0 fully saturated rings. The zero-order valence-electron chi connectivity index (χ0n) is 9.16. The van der Waals surface area contributed by atoms with Crippen molar-refractivity contribution in [3.8, 4) is 0 Å². The smallest absolute Gasteiger partial charge is 0.0950 e. The molecule has 1 unspecified atom stereocenters. The maximum Gasteiger partial charge on any atom is 0.0950 e. The predicted molar refractivity (Wildman–Crippen MR) is 59.2 cm³/mol. The Bertz CT molecular complexity index is 283. The summed E-state index contributed by atoms with van der Waals surface area (Å²) < 4.78 is 5.72. The van der Waals surface area contributed by atoms with Gasteiger partial charge in [-0.15, -0.1) is 0 Å².